The van der Waals surface area contributed by atoms with Crippen molar-refractivity contribution in [3.8, 4) is 5.88 Å². The number of aromatic nitrogens is 4. The molecular formula is C15H21N5O2. The van der Waals surface area contributed by atoms with Gasteiger partial charge in [0.2, 0.25) is 11.8 Å². The van der Waals surface area contributed by atoms with E-state index < -0.39 is 0 Å². The predicted molar refractivity (Wildman–Crippen MR) is 83.4 cm³/mol. The summed E-state index contributed by atoms with van der Waals surface area (Å²) < 4.78 is 13.4. The van der Waals surface area contributed by atoms with Crippen LogP contribution >= 0.6 is 0 Å². The molecule has 0 aliphatic carbocycles. The molecule has 118 valence electrons. The van der Waals surface area contributed by atoms with Crippen LogP contribution in [0.3, 0.4) is 0 Å². The first-order valence-electron chi connectivity index (χ1n) is 7.45. The molecule has 0 aromatic carbocycles. The third-order valence-corrected chi connectivity index (χ3v) is 4.02. The van der Waals surface area contributed by atoms with Crippen LogP contribution in [-0.4, -0.2) is 32.2 Å². The normalized spacial score (nSPS) is 24.8. The number of anilines is 1. The van der Waals surface area contributed by atoms with Crippen LogP contribution in [0.1, 0.15) is 33.4 Å². The summed E-state index contributed by atoms with van der Waals surface area (Å²) in [5, 5.41) is 0. The molecule has 22 heavy (non-hydrogen) atoms. The molecule has 3 rings (SSSR count). The minimum Gasteiger partial charge on any atom is -0.476 e. The van der Waals surface area contributed by atoms with E-state index in [4.69, 9.17) is 15.2 Å². The molecule has 1 aliphatic rings. The summed E-state index contributed by atoms with van der Waals surface area (Å²) in [4.78, 5) is 12.8. The van der Waals surface area contributed by atoms with Crippen molar-refractivity contribution in [2.75, 3.05) is 12.3 Å². The van der Waals surface area contributed by atoms with Crippen LogP contribution in [0.5, 0.6) is 5.88 Å². The lowest BCUT2D eigenvalue weighted by Crippen LogP contribution is -2.12. The highest BCUT2D eigenvalue weighted by molar-refractivity contribution is 5.77. The summed E-state index contributed by atoms with van der Waals surface area (Å²) in [6.45, 7) is 10.5. The van der Waals surface area contributed by atoms with Crippen molar-refractivity contribution < 1.29 is 9.47 Å². The van der Waals surface area contributed by atoms with Gasteiger partial charge in [-0.3, -0.25) is 4.57 Å². The minimum atomic E-state index is -0.134. The Morgan fingerprint density at radius 3 is 2.95 bits per heavy atom. The molecule has 0 bridgehead atoms. The molecule has 2 aromatic rings. The quantitative estimate of drug-likeness (QED) is 0.872. The number of ether oxygens (including phenoxy) is 2. The third kappa shape index (κ3) is 2.41. The fourth-order valence-corrected chi connectivity index (χ4v) is 2.94. The van der Waals surface area contributed by atoms with Gasteiger partial charge in [0.05, 0.1) is 19.0 Å². The molecule has 0 radical (unpaired) electrons. The van der Waals surface area contributed by atoms with E-state index in [0.29, 0.717) is 29.6 Å². The molecule has 1 fully saturated rings. The first-order valence-corrected chi connectivity index (χ1v) is 7.45. The maximum atomic E-state index is 6.05. The van der Waals surface area contributed by atoms with Crippen molar-refractivity contribution in [1.82, 2.24) is 19.5 Å². The highest BCUT2D eigenvalue weighted by atomic mass is 16.5. The number of nitrogens with two attached hydrogens (primary N) is 1. The van der Waals surface area contributed by atoms with E-state index >= 15 is 0 Å². The zero-order valence-electron chi connectivity index (χ0n) is 13.1. The second-order valence-electron chi connectivity index (χ2n) is 5.63. The van der Waals surface area contributed by atoms with Crippen molar-refractivity contribution in [1.29, 1.82) is 0 Å². The Kier molecular flexibility index (Phi) is 3.74. The van der Waals surface area contributed by atoms with Crippen molar-refractivity contribution >= 4 is 17.1 Å². The van der Waals surface area contributed by atoms with Gasteiger partial charge in [0, 0.05) is 12.3 Å². The molecule has 1 aliphatic heterocycles. The maximum absolute atomic E-state index is 6.05. The summed E-state index contributed by atoms with van der Waals surface area (Å²) in [5.41, 5.74) is 8.15. The van der Waals surface area contributed by atoms with E-state index in [0.717, 1.165) is 12.0 Å². The van der Waals surface area contributed by atoms with Gasteiger partial charge in [-0.2, -0.15) is 9.97 Å². The van der Waals surface area contributed by atoms with Crippen LogP contribution in [0.4, 0.5) is 5.95 Å². The molecular weight excluding hydrogens is 282 g/mol. The van der Waals surface area contributed by atoms with Gasteiger partial charge in [0.25, 0.3) is 0 Å². The van der Waals surface area contributed by atoms with E-state index in [1.54, 1.807) is 6.33 Å². The number of nitrogens with zero attached hydrogens (tertiary/aromatic N) is 4. The van der Waals surface area contributed by atoms with Crippen LogP contribution in [0.2, 0.25) is 0 Å². The van der Waals surface area contributed by atoms with Gasteiger partial charge >= 0.3 is 0 Å². The third-order valence-electron chi connectivity index (χ3n) is 4.02. The molecule has 2 aromatic heterocycles. The fourth-order valence-electron chi connectivity index (χ4n) is 2.94. The van der Waals surface area contributed by atoms with E-state index in [-0.39, 0.29) is 18.3 Å². The molecule has 0 spiro atoms. The fraction of sp³-hybridized carbons (Fsp3) is 0.533. The molecule has 2 N–H and O–H groups in total. The van der Waals surface area contributed by atoms with Crippen LogP contribution in [-0.2, 0) is 4.74 Å². The SMILES string of the molecule is C=C(C)C1CC(n2cnc3c(OCC)nc(N)nc32)OC1C. The van der Waals surface area contributed by atoms with E-state index in [1.165, 1.54) is 0 Å². The Bertz CT molecular complexity index is 711. The average molecular weight is 303 g/mol. The van der Waals surface area contributed by atoms with Gasteiger partial charge in [-0.25, -0.2) is 4.98 Å². The second-order valence-corrected chi connectivity index (χ2v) is 5.63. The first-order chi connectivity index (χ1) is 10.5. The van der Waals surface area contributed by atoms with E-state index in [9.17, 15) is 0 Å². The molecule has 7 heteroatoms. The van der Waals surface area contributed by atoms with Crippen LogP contribution in [0.25, 0.3) is 11.2 Å². The van der Waals surface area contributed by atoms with Crippen LogP contribution in [0, 0.1) is 5.92 Å². The van der Waals surface area contributed by atoms with Crippen molar-refractivity contribution in [3.05, 3.63) is 18.5 Å². The molecule has 7 nitrogen and oxygen atoms in total. The molecule has 0 saturated carbocycles. The Labute approximate surface area is 129 Å². The molecule has 1 saturated heterocycles. The van der Waals surface area contributed by atoms with E-state index in [1.807, 2.05) is 18.4 Å². The lowest BCUT2D eigenvalue weighted by atomic mass is 9.95. The smallest absolute Gasteiger partial charge is 0.247 e. The number of rotatable bonds is 4. The van der Waals surface area contributed by atoms with Gasteiger partial charge in [-0.05, 0) is 20.8 Å². The Hall–Kier alpha value is -2.15. The maximum Gasteiger partial charge on any atom is 0.247 e. The Morgan fingerprint density at radius 1 is 1.55 bits per heavy atom. The van der Waals surface area contributed by atoms with Gasteiger partial charge < -0.3 is 15.2 Å². The monoisotopic (exact) mass is 303 g/mol. The lowest BCUT2D eigenvalue weighted by molar-refractivity contribution is 0.00893. The first kappa shape index (κ1) is 14.8. The zero-order chi connectivity index (χ0) is 15.9. The van der Waals surface area contributed by atoms with Gasteiger partial charge in [-0.1, -0.05) is 12.2 Å². The summed E-state index contributed by atoms with van der Waals surface area (Å²) in [6.07, 6.45) is 2.53. The van der Waals surface area contributed by atoms with Gasteiger partial charge in [0.1, 0.15) is 6.23 Å². The average Bonchev–Trinajstić information content (AvgIpc) is 3.02. The standard InChI is InChI=1S/C15H21N5O2/c1-5-21-14-12-13(18-15(16)19-14)20(7-17-12)11-6-10(8(2)3)9(4)22-11/h7,9-11H,2,5-6H2,1,3-4H3,(H2,16,18,19). The summed E-state index contributed by atoms with van der Waals surface area (Å²) in [7, 11) is 0. The minimum absolute atomic E-state index is 0.116. The summed E-state index contributed by atoms with van der Waals surface area (Å²) in [6, 6.07) is 0. The molecule has 3 unspecified atom stereocenters. The largest absolute Gasteiger partial charge is 0.476 e. The number of hydrogen-bond acceptors (Lipinski definition) is 6. The highest BCUT2D eigenvalue weighted by Crippen LogP contribution is 2.38. The predicted octanol–water partition coefficient (Wildman–Crippen LogP) is 2.31. The Morgan fingerprint density at radius 2 is 2.32 bits per heavy atom. The number of hydrogen-bond donors (Lipinski definition) is 1. The van der Waals surface area contributed by atoms with Gasteiger partial charge in [-0.15, -0.1) is 0 Å². The Balaban J connectivity index is 2.00. The van der Waals surface area contributed by atoms with Crippen molar-refractivity contribution in [2.24, 2.45) is 5.92 Å². The number of fused-ring (bicyclic) bond motifs is 1. The topological polar surface area (TPSA) is 88.1 Å². The highest BCUT2D eigenvalue weighted by Gasteiger charge is 2.34. The zero-order valence-corrected chi connectivity index (χ0v) is 13.1. The number of imidazole rings is 1. The van der Waals surface area contributed by atoms with Crippen molar-refractivity contribution in [2.45, 2.75) is 39.5 Å². The molecule has 0 amide bonds. The van der Waals surface area contributed by atoms with Gasteiger partial charge in [0.15, 0.2) is 11.2 Å². The van der Waals surface area contributed by atoms with Crippen LogP contribution < -0.4 is 10.5 Å². The van der Waals surface area contributed by atoms with Crippen molar-refractivity contribution in [3.63, 3.8) is 0 Å². The van der Waals surface area contributed by atoms with Crippen LogP contribution in [0.15, 0.2) is 18.5 Å². The lowest BCUT2D eigenvalue weighted by Gasteiger charge is -2.13. The summed E-state index contributed by atoms with van der Waals surface area (Å²) in [5.74, 6) is 0.902. The summed E-state index contributed by atoms with van der Waals surface area (Å²) >= 11 is 0. The molecule has 3 atom stereocenters. The number of nitrogen functional groups attached to an aromatic ring is 1. The second kappa shape index (κ2) is 5.57. The van der Waals surface area contributed by atoms with E-state index in [2.05, 4.69) is 28.5 Å². The molecule has 3 heterocycles.